The largest absolute Gasteiger partial charge is 0.507 e. The lowest BCUT2D eigenvalue weighted by Gasteiger charge is -2.09. The topological polar surface area (TPSA) is 107 Å². The summed E-state index contributed by atoms with van der Waals surface area (Å²) in [5.74, 6) is -0.804. The first-order valence-corrected chi connectivity index (χ1v) is 7.60. The van der Waals surface area contributed by atoms with Gasteiger partial charge in [0, 0.05) is 30.4 Å². The van der Waals surface area contributed by atoms with Gasteiger partial charge in [-0.25, -0.2) is 4.79 Å². The van der Waals surface area contributed by atoms with Gasteiger partial charge in [0.15, 0.2) is 0 Å². The third kappa shape index (κ3) is 3.22. The molecule has 25 heavy (non-hydrogen) atoms. The van der Waals surface area contributed by atoms with Crippen LogP contribution in [0.15, 0.2) is 42.6 Å². The Bertz CT molecular complexity index is 933. The number of rotatable bonds is 6. The summed E-state index contributed by atoms with van der Waals surface area (Å²) < 4.78 is 12.3. The van der Waals surface area contributed by atoms with Crippen LogP contribution in [0, 0.1) is 0 Å². The first kappa shape index (κ1) is 16.7. The second kappa shape index (κ2) is 6.74. The molecule has 0 saturated heterocycles. The van der Waals surface area contributed by atoms with E-state index in [9.17, 15) is 9.90 Å². The summed E-state index contributed by atoms with van der Waals surface area (Å²) in [4.78, 5) is 11.0. The number of aromatic nitrogens is 1. The van der Waals surface area contributed by atoms with Crippen LogP contribution in [0.4, 0.5) is 5.69 Å². The van der Waals surface area contributed by atoms with E-state index in [4.69, 9.17) is 20.3 Å². The van der Waals surface area contributed by atoms with E-state index in [0.29, 0.717) is 30.3 Å². The van der Waals surface area contributed by atoms with Gasteiger partial charge in [-0.15, -0.1) is 0 Å². The van der Waals surface area contributed by atoms with Gasteiger partial charge in [0.1, 0.15) is 23.7 Å². The van der Waals surface area contributed by atoms with Crippen molar-refractivity contribution in [3.05, 3.63) is 48.2 Å². The molecule has 0 bridgehead atoms. The minimum Gasteiger partial charge on any atom is -0.507 e. The van der Waals surface area contributed by atoms with Crippen molar-refractivity contribution in [3.63, 3.8) is 0 Å². The Kier molecular flexibility index (Phi) is 4.49. The molecule has 1 heterocycles. The molecule has 2 aromatic carbocycles. The van der Waals surface area contributed by atoms with Gasteiger partial charge in [-0.1, -0.05) is 0 Å². The van der Waals surface area contributed by atoms with E-state index in [1.165, 1.54) is 12.1 Å². The van der Waals surface area contributed by atoms with Gasteiger partial charge in [-0.2, -0.15) is 0 Å². The molecule has 0 fully saturated rings. The summed E-state index contributed by atoms with van der Waals surface area (Å²) in [5, 5.41) is 19.7. The molecule has 0 saturated carbocycles. The average Bonchev–Trinajstić information content (AvgIpc) is 2.91. The smallest absolute Gasteiger partial charge is 0.339 e. The lowest BCUT2D eigenvalue weighted by molar-refractivity contribution is 0.0694. The zero-order valence-electron chi connectivity index (χ0n) is 13.6. The highest BCUT2D eigenvalue weighted by molar-refractivity contribution is 5.95. The number of ether oxygens (including phenoxy) is 2. The number of phenols is 1. The summed E-state index contributed by atoms with van der Waals surface area (Å²) in [6, 6.07) is 9.88. The van der Waals surface area contributed by atoms with Gasteiger partial charge in [0.25, 0.3) is 0 Å². The lowest BCUT2D eigenvalue weighted by Crippen LogP contribution is -2.04. The normalized spacial score (nSPS) is 10.9. The Morgan fingerprint density at radius 1 is 1.20 bits per heavy atom. The molecule has 130 valence electrons. The molecule has 0 spiro atoms. The maximum atomic E-state index is 11.0. The molecule has 7 nitrogen and oxygen atoms in total. The van der Waals surface area contributed by atoms with E-state index >= 15 is 0 Å². The monoisotopic (exact) mass is 342 g/mol. The number of aromatic hydroxyl groups is 1. The Morgan fingerprint density at radius 2 is 2.00 bits per heavy atom. The molecule has 3 aromatic rings. The van der Waals surface area contributed by atoms with Crippen molar-refractivity contribution in [1.82, 2.24) is 4.57 Å². The predicted molar refractivity (Wildman–Crippen MR) is 93.7 cm³/mol. The van der Waals surface area contributed by atoms with Crippen molar-refractivity contribution in [1.29, 1.82) is 0 Å². The number of nitrogen functional groups attached to an aromatic ring is 1. The van der Waals surface area contributed by atoms with Crippen LogP contribution in [0.25, 0.3) is 16.6 Å². The summed E-state index contributed by atoms with van der Waals surface area (Å²) in [5.41, 5.74) is 7.92. The Hall–Kier alpha value is -3.19. The second-order valence-electron chi connectivity index (χ2n) is 5.48. The fourth-order valence-corrected chi connectivity index (χ4v) is 2.63. The summed E-state index contributed by atoms with van der Waals surface area (Å²) in [6.45, 7) is 0.927. The van der Waals surface area contributed by atoms with E-state index in [1.54, 1.807) is 23.9 Å². The third-order valence-electron chi connectivity index (χ3n) is 3.85. The van der Waals surface area contributed by atoms with Crippen LogP contribution in [0.1, 0.15) is 10.4 Å². The zero-order valence-corrected chi connectivity index (χ0v) is 13.6. The quantitative estimate of drug-likeness (QED) is 0.595. The molecule has 0 radical (unpaired) electrons. The molecular weight excluding hydrogens is 324 g/mol. The number of carboxylic acid groups (broad SMARTS) is 1. The van der Waals surface area contributed by atoms with E-state index in [1.807, 2.05) is 18.2 Å². The zero-order chi connectivity index (χ0) is 18.0. The molecule has 0 aliphatic rings. The predicted octanol–water partition coefficient (Wildman–Crippen LogP) is 2.64. The number of aromatic carboxylic acids is 1. The third-order valence-corrected chi connectivity index (χ3v) is 3.85. The van der Waals surface area contributed by atoms with E-state index in [0.717, 1.165) is 10.9 Å². The molecule has 4 N–H and O–H groups in total. The van der Waals surface area contributed by atoms with Crippen molar-refractivity contribution in [3.8, 4) is 17.2 Å². The van der Waals surface area contributed by atoms with Gasteiger partial charge in [0.05, 0.1) is 17.8 Å². The minimum absolute atomic E-state index is 0.151. The molecule has 0 aliphatic carbocycles. The summed E-state index contributed by atoms with van der Waals surface area (Å²) in [7, 11) is 1.61. The van der Waals surface area contributed by atoms with Crippen LogP contribution in [0.3, 0.4) is 0 Å². The van der Waals surface area contributed by atoms with Gasteiger partial charge < -0.3 is 30.0 Å². The minimum atomic E-state index is -1.18. The standard InChI is InChI=1S/C18H18N2O5/c1-24-6-7-25-12-3-5-16-14(9-12)15(19)10-20(16)11-2-4-13(18(22)23)17(21)8-11/h2-5,8-10,21H,6-7,19H2,1H3,(H,22,23). The fraction of sp³-hybridized carbons (Fsp3) is 0.167. The Balaban J connectivity index is 2.00. The van der Waals surface area contributed by atoms with Crippen LogP contribution in [0.5, 0.6) is 11.5 Å². The van der Waals surface area contributed by atoms with Gasteiger partial charge in [0.2, 0.25) is 0 Å². The maximum absolute atomic E-state index is 11.0. The molecule has 1 aromatic heterocycles. The molecule has 0 unspecified atom stereocenters. The van der Waals surface area contributed by atoms with Crippen LogP contribution < -0.4 is 10.5 Å². The Morgan fingerprint density at radius 3 is 2.68 bits per heavy atom. The molecule has 0 aliphatic heterocycles. The van der Waals surface area contributed by atoms with E-state index < -0.39 is 5.97 Å². The van der Waals surface area contributed by atoms with Crippen LogP contribution in [-0.2, 0) is 4.74 Å². The van der Waals surface area contributed by atoms with E-state index in [-0.39, 0.29) is 11.3 Å². The average molecular weight is 342 g/mol. The number of hydrogen-bond donors (Lipinski definition) is 3. The van der Waals surface area contributed by atoms with Crippen LogP contribution in [0.2, 0.25) is 0 Å². The van der Waals surface area contributed by atoms with Crippen molar-refractivity contribution < 1.29 is 24.5 Å². The molecular formula is C18H18N2O5. The second-order valence-corrected chi connectivity index (χ2v) is 5.48. The molecule has 0 atom stereocenters. The number of hydrogen-bond acceptors (Lipinski definition) is 5. The fourth-order valence-electron chi connectivity index (χ4n) is 2.63. The van der Waals surface area contributed by atoms with Crippen molar-refractivity contribution >= 4 is 22.6 Å². The molecule has 3 rings (SSSR count). The molecule has 0 amide bonds. The van der Waals surface area contributed by atoms with Gasteiger partial charge >= 0.3 is 5.97 Å². The summed E-state index contributed by atoms with van der Waals surface area (Å²) in [6.07, 6.45) is 1.72. The number of carbonyl (C=O) groups is 1. The van der Waals surface area contributed by atoms with Crippen molar-refractivity contribution in [2.75, 3.05) is 26.1 Å². The van der Waals surface area contributed by atoms with Gasteiger partial charge in [-0.3, -0.25) is 0 Å². The van der Waals surface area contributed by atoms with Crippen LogP contribution >= 0.6 is 0 Å². The summed E-state index contributed by atoms with van der Waals surface area (Å²) >= 11 is 0. The highest BCUT2D eigenvalue weighted by atomic mass is 16.5. The van der Waals surface area contributed by atoms with Crippen molar-refractivity contribution in [2.45, 2.75) is 0 Å². The number of carboxylic acids is 1. The molecule has 7 heteroatoms. The maximum Gasteiger partial charge on any atom is 0.339 e. The highest BCUT2D eigenvalue weighted by Gasteiger charge is 2.13. The number of fused-ring (bicyclic) bond motifs is 1. The lowest BCUT2D eigenvalue weighted by atomic mass is 10.1. The van der Waals surface area contributed by atoms with Crippen LogP contribution in [-0.4, -0.2) is 41.1 Å². The van der Waals surface area contributed by atoms with Crippen molar-refractivity contribution in [2.24, 2.45) is 0 Å². The number of anilines is 1. The number of benzene rings is 2. The van der Waals surface area contributed by atoms with Gasteiger partial charge in [-0.05, 0) is 30.3 Å². The highest BCUT2D eigenvalue weighted by Crippen LogP contribution is 2.31. The number of methoxy groups -OCH3 is 1. The first-order chi connectivity index (χ1) is 12.0. The number of nitrogens with two attached hydrogens (primary N) is 1. The number of nitrogens with zero attached hydrogens (tertiary/aromatic N) is 1. The van der Waals surface area contributed by atoms with E-state index in [2.05, 4.69) is 0 Å². The Labute approximate surface area is 143 Å². The SMILES string of the molecule is COCCOc1ccc2c(c1)c(N)cn2-c1ccc(C(=O)O)c(O)c1. The first-order valence-electron chi connectivity index (χ1n) is 7.60.